The van der Waals surface area contributed by atoms with E-state index < -0.39 is 13.6 Å². The fraction of sp³-hybridized carbons (Fsp3) is 0.667. The maximum atomic E-state index is 11.8. The molecule has 212 valence electrons. The van der Waals surface area contributed by atoms with Crippen molar-refractivity contribution in [3.63, 3.8) is 0 Å². The van der Waals surface area contributed by atoms with Gasteiger partial charge in [-0.05, 0) is 46.0 Å². The molecule has 0 amide bonds. The van der Waals surface area contributed by atoms with Crippen molar-refractivity contribution in [3.8, 4) is 0 Å². The van der Waals surface area contributed by atoms with E-state index in [4.69, 9.17) is 13.8 Å². The number of esters is 2. The van der Waals surface area contributed by atoms with Gasteiger partial charge in [-0.2, -0.15) is 0 Å². The van der Waals surface area contributed by atoms with Gasteiger partial charge in [-0.3, -0.25) is 9.36 Å². The predicted molar refractivity (Wildman–Crippen MR) is 148 cm³/mol. The van der Waals surface area contributed by atoms with Crippen molar-refractivity contribution in [2.75, 3.05) is 32.6 Å². The van der Waals surface area contributed by atoms with Crippen molar-refractivity contribution in [3.05, 3.63) is 37.5 Å². The van der Waals surface area contributed by atoms with Crippen LogP contribution in [0.5, 0.6) is 0 Å². The van der Waals surface area contributed by atoms with E-state index in [-0.39, 0.29) is 50.2 Å². The molecule has 0 saturated carbocycles. The molecule has 0 N–H and O–H groups in total. The first-order valence-corrected chi connectivity index (χ1v) is 13.5. The largest absolute Gasteiger partial charge is 0.466 e. The molecule has 0 radical (unpaired) electrons. The zero-order valence-electron chi connectivity index (χ0n) is 23.0. The minimum atomic E-state index is -3.28. The van der Waals surface area contributed by atoms with Crippen LogP contribution in [0.25, 0.3) is 0 Å². The van der Waals surface area contributed by atoms with Crippen LogP contribution in [0.4, 0.5) is 0 Å². The first kappa shape index (κ1) is 41.1. The maximum Gasteiger partial charge on any atom is 0.341 e. The Balaban J connectivity index is -0.000000218. The Kier molecular flexibility index (Phi) is 26.7. The van der Waals surface area contributed by atoms with Gasteiger partial charge in [-0.1, -0.05) is 53.3 Å². The Labute approximate surface area is 220 Å². The van der Waals surface area contributed by atoms with E-state index in [2.05, 4.69) is 17.9 Å². The third kappa shape index (κ3) is 26.6. The normalized spacial score (nSPS) is 11.0. The zero-order chi connectivity index (χ0) is 28.0. The van der Waals surface area contributed by atoms with E-state index in [1.165, 1.54) is 6.08 Å². The number of hydrogen-bond acceptors (Lipinski definition) is 8. The molecule has 0 aliphatic heterocycles. The fourth-order valence-corrected chi connectivity index (χ4v) is 3.68. The molecule has 0 heterocycles. The molecule has 36 heavy (non-hydrogen) atoms. The van der Waals surface area contributed by atoms with Crippen LogP contribution in [-0.2, 0) is 37.5 Å². The number of rotatable bonds is 15. The van der Waals surface area contributed by atoms with Gasteiger partial charge in [0.2, 0.25) is 0 Å². The van der Waals surface area contributed by atoms with Crippen molar-refractivity contribution in [2.45, 2.75) is 75.7 Å². The standard InChI is InChI=1S/C11H18O2.C8H17O5P.C7H12O.CH4/c1-5-8-11(3,4)9-7-10(12)13-6-2;1-4-11-8(9)7-14(10,12-5-2)13-6-3;1-4-5-7(2,3)6-8;/h5,7,9H,1,6,8H2,2-4H3;4-7H2,1-3H3;4,6H,1,5H2,2-3H3;1H4/b9-7+;;;. The first-order valence-electron chi connectivity index (χ1n) is 11.8. The Morgan fingerprint density at radius 2 is 1.25 bits per heavy atom. The number of allylic oxidation sites excluding steroid dienone is 3. The van der Waals surface area contributed by atoms with Crippen molar-refractivity contribution in [2.24, 2.45) is 10.8 Å². The second kappa shape index (κ2) is 23.4. The van der Waals surface area contributed by atoms with Crippen LogP contribution in [0.2, 0.25) is 0 Å². The summed E-state index contributed by atoms with van der Waals surface area (Å²) in [4.78, 5) is 32.2. The smallest absolute Gasteiger partial charge is 0.341 e. The molecule has 0 aliphatic rings. The van der Waals surface area contributed by atoms with E-state index in [0.717, 1.165) is 19.1 Å². The topological polar surface area (TPSA) is 105 Å². The van der Waals surface area contributed by atoms with Gasteiger partial charge in [0.15, 0.2) is 0 Å². The van der Waals surface area contributed by atoms with Crippen LogP contribution in [0.1, 0.15) is 75.7 Å². The molecule has 0 saturated heterocycles. The van der Waals surface area contributed by atoms with Crippen LogP contribution in [0.3, 0.4) is 0 Å². The minimum Gasteiger partial charge on any atom is -0.466 e. The molecule has 0 aliphatic carbocycles. The van der Waals surface area contributed by atoms with Gasteiger partial charge in [-0.15, -0.1) is 13.2 Å². The highest BCUT2D eigenvalue weighted by Crippen LogP contribution is 2.47. The maximum absolute atomic E-state index is 11.8. The lowest BCUT2D eigenvalue weighted by Gasteiger charge is -2.16. The Bertz CT molecular complexity index is 686. The third-order valence-electron chi connectivity index (χ3n) is 3.90. The van der Waals surface area contributed by atoms with E-state index in [9.17, 15) is 18.9 Å². The Morgan fingerprint density at radius 3 is 1.58 bits per heavy atom. The molecular formula is C27H51O8P. The lowest BCUT2D eigenvalue weighted by atomic mass is 9.89. The lowest BCUT2D eigenvalue weighted by molar-refractivity contribution is -0.140. The zero-order valence-corrected chi connectivity index (χ0v) is 23.9. The highest BCUT2D eigenvalue weighted by Gasteiger charge is 2.28. The molecule has 0 aromatic rings. The van der Waals surface area contributed by atoms with E-state index in [0.29, 0.717) is 6.61 Å². The molecule has 0 atom stereocenters. The van der Waals surface area contributed by atoms with Gasteiger partial charge in [-0.25, -0.2) is 4.79 Å². The number of carbonyl (C=O) groups is 3. The second-order valence-electron chi connectivity index (χ2n) is 8.58. The van der Waals surface area contributed by atoms with Crippen molar-refractivity contribution >= 4 is 25.8 Å². The van der Waals surface area contributed by atoms with Crippen LogP contribution in [-0.4, -0.2) is 50.8 Å². The van der Waals surface area contributed by atoms with E-state index >= 15 is 0 Å². The van der Waals surface area contributed by atoms with E-state index in [1.807, 2.05) is 39.8 Å². The summed E-state index contributed by atoms with van der Waals surface area (Å²) in [7, 11) is -3.28. The van der Waals surface area contributed by atoms with Gasteiger partial charge in [0.05, 0.1) is 26.4 Å². The van der Waals surface area contributed by atoms with Gasteiger partial charge in [0.1, 0.15) is 12.4 Å². The summed E-state index contributed by atoms with van der Waals surface area (Å²) >= 11 is 0. The predicted octanol–water partition coefficient (Wildman–Crippen LogP) is 6.95. The number of ether oxygens (including phenoxy) is 2. The highest BCUT2D eigenvalue weighted by molar-refractivity contribution is 7.54. The summed E-state index contributed by atoms with van der Waals surface area (Å²) < 4.78 is 31.0. The average molecular weight is 535 g/mol. The molecule has 9 heteroatoms. The number of carbonyl (C=O) groups excluding carboxylic acids is 3. The third-order valence-corrected chi connectivity index (χ3v) is 5.85. The summed E-state index contributed by atoms with van der Waals surface area (Å²) in [6.45, 7) is 23.1. The molecule has 0 spiro atoms. The SMILES string of the molecule is C.C=CCC(C)(C)/C=C/C(=O)OCC.C=CCC(C)(C)C=O.CCOC(=O)CP(=O)(OCC)OCC. The Morgan fingerprint density at radius 1 is 0.806 bits per heavy atom. The molecule has 0 aromatic carbocycles. The average Bonchev–Trinajstić information content (AvgIpc) is 2.74. The fourth-order valence-electron chi connectivity index (χ4n) is 2.23. The van der Waals surface area contributed by atoms with Gasteiger partial charge < -0.3 is 23.3 Å². The van der Waals surface area contributed by atoms with Crippen LogP contribution in [0, 0.1) is 10.8 Å². The summed E-state index contributed by atoms with van der Waals surface area (Å²) in [5, 5.41) is 0. The van der Waals surface area contributed by atoms with Crippen LogP contribution < -0.4 is 0 Å². The molecule has 0 unspecified atom stereocenters. The minimum absolute atomic E-state index is 0. The van der Waals surface area contributed by atoms with Crippen molar-refractivity contribution in [1.29, 1.82) is 0 Å². The lowest BCUT2D eigenvalue weighted by Crippen LogP contribution is -2.12. The molecule has 0 rings (SSSR count). The summed E-state index contributed by atoms with van der Waals surface area (Å²) in [5.41, 5.74) is -0.226. The van der Waals surface area contributed by atoms with Crippen molar-refractivity contribution < 1.29 is 37.5 Å². The van der Waals surface area contributed by atoms with E-state index in [1.54, 1.807) is 33.8 Å². The monoisotopic (exact) mass is 534 g/mol. The number of aldehydes is 1. The van der Waals surface area contributed by atoms with Gasteiger partial charge in [0, 0.05) is 11.5 Å². The van der Waals surface area contributed by atoms with Crippen LogP contribution >= 0.6 is 7.60 Å². The van der Waals surface area contributed by atoms with Gasteiger partial charge >= 0.3 is 19.5 Å². The molecule has 0 bridgehead atoms. The Hall–Kier alpha value is -2.02. The molecular weight excluding hydrogens is 483 g/mol. The summed E-state index contributed by atoms with van der Waals surface area (Å²) in [6, 6.07) is 0. The number of hydrogen-bond donors (Lipinski definition) is 0. The quantitative estimate of drug-likeness (QED) is 0.0731. The molecule has 8 nitrogen and oxygen atoms in total. The summed E-state index contributed by atoms with van der Waals surface area (Å²) in [5.74, 6) is -0.836. The van der Waals surface area contributed by atoms with Gasteiger partial charge in [0.25, 0.3) is 0 Å². The first-order chi connectivity index (χ1) is 16.2. The molecule has 0 fully saturated rings. The van der Waals surface area contributed by atoms with Crippen molar-refractivity contribution in [1.82, 2.24) is 0 Å². The summed E-state index contributed by atoms with van der Waals surface area (Å²) in [6.07, 6.45) is 9.18. The second-order valence-corrected chi connectivity index (χ2v) is 10.6. The van der Waals surface area contributed by atoms with Crippen LogP contribution in [0.15, 0.2) is 37.5 Å². The molecule has 0 aromatic heterocycles. The highest BCUT2D eigenvalue weighted by atomic mass is 31.2.